The minimum Gasteiger partial charge on any atom is -0.462 e. The first-order chi connectivity index (χ1) is 36.0. The highest BCUT2D eigenvalue weighted by atomic mass is 16.6. The minimum absolute atomic E-state index is 0.0752. The zero-order valence-electron chi connectivity index (χ0n) is 48.9. The minimum atomic E-state index is -0.778. The SMILES string of the molecule is CCCCC/C=C\C/C=C\CCCCCCCC(=O)OCC(COC(=O)CCCCCCCCCCCCC/C=C\C/C=C\CCCCCCC)OC(=O)CCCCCCCCCCCCCCCCCCC. The zero-order valence-corrected chi connectivity index (χ0v) is 48.9. The summed E-state index contributed by atoms with van der Waals surface area (Å²) < 4.78 is 16.9. The fourth-order valence-electron chi connectivity index (χ4n) is 9.45. The van der Waals surface area contributed by atoms with Crippen LogP contribution < -0.4 is 0 Å². The Bertz CT molecular complexity index is 1270. The van der Waals surface area contributed by atoms with Crippen LogP contribution in [0.25, 0.3) is 0 Å². The van der Waals surface area contributed by atoms with E-state index in [0.29, 0.717) is 19.3 Å². The van der Waals surface area contributed by atoms with E-state index in [1.54, 1.807) is 0 Å². The average molecular weight is 1020 g/mol. The number of hydrogen-bond acceptors (Lipinski definition) is 6. The van der Waals surface area contributed by atoms with Gasteiger partial charge in [-0.1, -0.05) is 288 Å². The fraction of sp³-hybridized carbons (Fsp3) is 0.836. The van der Waals surface area contributed by atoms with Gasteiger partial charge in [0.25, 0.3) is 0 Å². The molecule has 0 aromatic carbocycles. The molecule has 0 bridgehead atoms. The molecular formula is C67H122O6. The van der Waals surface area contributed by atoms with E-state index in [0.717, 1.165) is 83.5 Å². The maximum atomic E-state index is 12.9. The van der Waals surface area contributed by atoms with Crippen molar-refractivity contribution in [3.05, 3.63) is 48.6 Å². The van der Waals surface area contributed by atoms with Crippen LogP contribution in [0.2, 0.25) is 0 Å². The normalized spacial score (nSPS) is 12.3. The van der Waals surface area contributed by atoms with Crippen molar-refractivity contribution in [2.45, 2.75) is 348 Å². The first-order valence-corrected chi connectivity index (χ1v) is 32.1. The summed E-state index contributed by atoms with van der Waals surface area (Å²) in [4.78, 5) is 38.3. The monoisotopic (exact) mass is 1020 g/mol. The van der Waals surface area contributed by atoms with Crippen LogP contribution in [0.1, 0.15) is 342 Å². The first-order valence-electron chi connectivity index (χ1n) is 32.1. The molecule has 0 aliphatic rings. The molecule has 1 unspecified atom stereocenters. The van der Waals surface area contributed by atoms with Crippen LogP contribution in [0.5, 0.6) is 0 Å². The summed E-state index contributed by atoms with van der Waals surface area (Å²) in [6.07, 6.45) is 76.8. The number of carbonyl (C=O) groups is 3. The quantitative estimate of drug-likeness (QED) is 0.0261. The second-order valence-corrected chi connectivity index (χ2v) is 21.7. The number of hydrogen-bond donors (Lipinski definition) is 0. The van der Waals surface area contributed by atoms with Crippen molar-refractivity contribution in [3.63, 3.8) is 0 Å². The van der Waals surface area contributed by atoms with Gasteiger partial charge in [-0.2, -0.15) is 0 Å². The van der Waals surface area contributed by atoms with Gasteiger partial charge in [-0.15, -0.1) is 0 Å². The number of esters is 3. The fourth-order valence-corrected chi connectivity index (χ4v) is 9.45. The van der Waals surface area contributed by atoms with Crippen LogP contribution in [0.3, 0.4) is 0 Å². The Morgan fingerprint density at radius 3 is 0.781 bits per heavy atom. The topological polar surface area (TPSA) is 78.9 Å². The average Bonchev–Trinajstić information content (AvgIpc) is 3.39. The molecule has 0 aromatic heterocycles. The number of carbonyl (C=O) groups excluding carboxylic acids is 3. The van der Waals surface area contributed by atoms with Gasteiger partial charge in [0.05, 0.1) is 0 Å². The van der Waals surface area contributed by atoms with Gasteiger partial charge in [0.15, 0.2) is 6.10 Å². The van der Waals surface area contributed by atoms with Gasteiger partial charge >= 0.3 is 17.9 Å². The van der Waals surface area contributed by atoms with Gasteiger partial charge in [0.2, 0.25) is 0 Å². The van der Waals surface area contributed by atoms with E-state index in [1.165, 1.54) is 218 Å². The van der Waals surface area contributed by atoms with Gasteiger partial charge < -0.3 is 14.2 Å². The molecule has 0 aromatic rings. The third-order valence-electron chi connectivity index (χ3n) is 14.3. The molecule has 0 heterocycles. The molecule has 0 radical (unpaired) electrons. The van der Waals surface area contributed by atoms with Crippen molar-refractivity contribution in [2.24, 2.45) is 0 Å². The third kappa shape index (κ3) is 60.1. The summed E-state index contributed by atoms with van der Waals surface area (Å²) in [6, 6.07) is 0. The van der Waals surface area contributed by atoms with E-state index in [-0.39, 0.29) is 31.1 Å². The number of unbranched alkanes of at least 4 members (excludes halogenated alkanes) is 40. The Morgan fingerprint density at radius 1 is 0.274 bits per heavy atom. The second kappa shape index (κ2) is 61.9. The molecule has 73 heavy (non-hydrogen) atoms. The highest BCUT2D eigenvalue weighted by Gasteiger charge is 2.19. The van der Waals surface area contributed by atoms with Gasteiger partial charge in [-0.3, -0.25) is 14.4 Å². The van der Waals surface area contributed by atoms with Crippen molar-refractivity contribution in [1.29, 1.82) is 0 Å². The summed E-state index contributed by atoms with van der Waals surface area (Å²) in [6.45, 7) is 6.64. The number of ether oxygens (including phenoxy) is 3. The summed E-state index contributed by atoms with van der Waals surface area (Å²) in [5, 5.41) is 0. The Labute approximate surface area is 454 Å². The van der Waals surface area contributed by atoms with Crippen LogP contribution in [-0.4, -0.2) is 37.2 Å². The molecule has 0 saturated heterocycles. The first kappa shape index (κ1) is 70.4. The van der Waals surface area contributed by atoms with Crippen molar-refractivity contribution >= 4 is 17.9 Å². The summed E-state index contributed by atoms with van der Waals surface area (Å²) in [5.41, 5.74) is 0. The van der Waals surface area contributed by atoms with Crippen LogP contribution in [0, 0.1) is 0 Å². The van der Waals surface area contributed by atoms with Crippen LogP contribution >= 0.6 is 0 Å². The maximum absolute atomic E-state index is 12.9. The molecule has 0 fully saturated rings. The lowest BCUT2D eigenvalue weighted by atomic mass is 10.0. The van der Waals surface area contributed by atoms with E-state index in [1.807, 2.05) is 0 Å². The van der Waals surface area contributed by atoms with E-state index in [2.05, 4.69) is 69.4 Å². The van der Waals surface area contributed by atoms with Gasteiger partial charge in [-0.05, 0) is 83.5 Å². The van der Waals surface area contributed by atoms with Crippen LogP contribution in [-0.2, 0) is 28.6 Å². The van der Waals surface area contributed by atoms with E-state index in [4.69, 9.17) is 14.2 Å². The van der Waals surface area contributed by atoms with Crippen molar-refractivity contribution in [1.82, 2.24) is 0 Å². The molecule has 0 aliphatic heterocycles. The molecule has 0 saturated carbocycles. The Morgan fingerprint density at radius 2 is 0.493 bits per heavy atom. The van der Waals surface area contributed by atoms with Gasteiger partial charge in [0.1, 0.15) is 13.2 Å². The number of allylic oxidation sites excluding steroid dienone is 8. The summed E-state index contributed by atoms with van der Waals surface area (Å²) in [7, 11) is 0. The van der Waals surface area contributed by atoms with Gasteiger partial charge in [0, 0.05) is 19.3 Å². The number of rotatable bonds is 59. The van der Waals surface area contributed by atoms with E-state index in [9.17, 15) is 14.4 Å². The lowest BCUT2D eigenvalue weighted by Crippen LogP contribution is -2.30. The lowest BCUT2D eigenvalue weighted by molar-refractivity contribution is -0.167. The highest BCUT2D eigenvalue weighted by Crippen LogP contribution is 2.17. The molecule has 0 rings (SSSR count). The largest absolute Gasteiger partial charge is 0.462 e. The maximum Gasteiger partial charge on any atom is 0.306 e. The van der Waals surface area contributed by atoms with Crippen molar-refractivity contribution < 1.29 is 28.6 Å². The van der Waals surface area contributed by atoms with Crippen LogP contribution in [0.15, 0.2) is 48.6 Å². The molecule has 0 spiro atoms. The molecule has 6 heteroatoms. The Kier molecular flexibility index (Phi) is 59.7. The zero-order chi connectivity index (χ0) is 52.9. The molecular weight excluding hydrogens is 901 g/mol. The summed E-state index contributed by atoms with van der Waals surface area (Å²) in [5.74, 6) is -0.870. The van der Waals surface area contributed by atoms with E-state index >= 15 is 0 Å². The smallest absolute Gasteiger partial charge is 0.306 e. The molecule has 0 N–H and O–H groups in total. The summed E-state index contributed by atoms with van der Waals surface area (Å²) >= 11 is 0. The van der Waals surface area contributed by atoms with Crippen LogP contribution in [0.4, 0.5) is 0 Å². The molecule has 1 atom stereocenters. The predicted octanol–water partition coefficient (Wildman–Crippen LogP) is 21.8. The lowest BCUT2D eigenvalue weighted by Gasteiger charge is -2.18. The predicted molar refractivity (Wildman–Crippen MR) is 316 cm³/mol. The Hall–Kier alpha value is -2.63. The van der Waals surface area contributed by atoms with E-state index < -0.39 is 6.10 Å². The van der Waals surface area contributed by atoms with Crippen molar-refractivity contribution in [2.75, 3.05) is 13.2 Å². The standard InChI is InChI=1S/C67H122O6/c1-4-7-10-13-16-19-22-25-28-30-31-32-33-34-35-37-39-42-45-48-51-54-57-60-66(69)72-63-64(62-71-65(68)59-56-53-50-47-44-41-38-27-24-21-18-15-12-9-6-3)73-67(70)61-58-55-52-49-46-43-40-36-29-26-23-20-17-14-11-8-5-2/h18,21-22,25,27,30-31,38,64H,4-17,19-20,23-24,26,28-29,32-37,39-63H2,1-3H3/b21-18-,25-22-,31-30-,38-27-. The molecule has 6 nitrogen and oxygen atoms in total. The van der Waals surface area contributed by atoms with Gasteiger partial charge in [-0.25, -0.2) is 0 Å². The molecule has 426 valence electrons. The molecule has 0 amide bonds. The van der Waals surface area contributed by atoms with Crippen molar-refractivity contribution in [3.8, 4) is 0 Å². The second-order valence-electron chi connectivity index (χ2n) is 21.7. The molecule has 0 aliphatic carbocycles. The highest BCUT2D eigenvalue weighted by molar-refractivity contribution is 5.71. The Balaban J connectivity index is 4.32. The third-order valence-corrected chi connectivity index (χ3v) is 14.3.